The van der Waals surface area contributed by atoms with Gasteiger partial charge in [0.2, 0.25) is 0 Å². The largest absolute Gasteiger partial charge is 0.380 e. The second-order valence-electron chi connectivity index (χ2n) is 5.07. The lowest BCUT2D eigenvalue weighted by atomic mass is 10.0. The second kappa shape index (κ2) is 8.04. The number of ether oxygens (including phenoxy) is 1. The van der Waals surface area contributed by atoms with Crippen molar-refractivity contribution in [3.05, 3.63) is 0 Å². The zero-order valence-electron chi connectivity index (χ0n) is 11.2. The summed E-state index contributed by atoms with van der Waals surface area (Å²) >= 11 is 0. The van der Waals surface area contributed by atoms with Crippen molar-refractivity contribution in [3.8, 4) is 0 Å². The number of nitrogens with one attached hydrogen (secondary N) is 1. The summed E-state index contributed by atoms with van der Waals surface area (Å²) in [4.78, 5) is 2.54. The highest BCUT2D eigenvalue weighted by Crippen LogP contribution is 2.08. The van der Waals surface area contributed by atoms with Crippen LogP contribution in [0.15, 0.2) is 0 Å². The average molecular weight is 228 g/mol. The number of hydrogen-bond acceptors (Lipinski definition) is 3. The van der Waals surface area contributed by atoms with Crippen molar-refractivity contribution in [3.63, 3.8) is 0 Å². The highest BCUT2D eigenvalue weighted by Gasteiger charge is 2.19. The molecule has 1 aliphatic heterocycles. The van der Waals surface area contributed by atoms with Gasteiger partial charge in [0.25, 0.3) is 0 Å². The van der Waals surface area contributed by atoms with Crippen LogP contribution in [0.2, 0.25) is 0 Å². The van der Waals surface area contributed by atoms with E-state index in [1.807, 2.05) is 0 Å². The molecular formula is C13H28N2O. The van der Waals surface area contributed by atoms with Gasteiger partial charge < -0.3 is 10.1 Å². The summed E-state index contributed by atoms with van der Waals surface area (Å²) in [6.45, 7) is 13.2. The third-order valence-corrected chi connectivity index (χ3v) is 3.22. The smallest absolute Gasteiger partial charge is 0.0593 e. The highest BCUT2D eigenvalue weighted by atomic mass is 16.5. The van der Waals surface area contributed by atoms with Gasteiger partial charge in [-0.2, -0.15) is 0 Å². The maximum absolute atomic E-state index is 5.56. The first-order valence-electron chi connectivity index (χ1n) is 6.77. The van der Waals surface area contributed by atoms with Crippen LogP contribution < -0.4 is 5.32 Å². The van der Waals surface area contributed by atoms with Crippen molar-refractivity contribution < 1.29 is 4.74 Å². The molecule has 96 valence electrons. The molecule has 0 radical (unpaired) electrons. The molecule has 1 aliphatic rings. The normalized spacial score (nSPS) is 23.6. The van der Waals surface area contributed by atoms with Crippen LogP contribution in [0.4, 0.5) is 0 Å². The molecule has 1 unspecified atom stereocenters. The third-order valence-electron chi connectivity index (χ3n) is 3.22. The van der Waals surface area contributed by atoms with E-state index in [4.69, 9.17) is 4.74 Å². The maximum Gasteiger partial charge on any atom is 0.0593 e. The Labute approximate surface area is 101 Å². The summed E-state index contributed by atoms with van der Waals surface area (Å²) in [5.74, 6) is 0.720. The van der Waals surface area contributed by atoms with Gasteiger partial charge in [0.15, 0.2) is 0 Å². The minimum absolute atomic E-state index is 0.647. The van der Waals surface area contributed by atoms with Gasteiger partial charge in [-0.05, 0) is 31.8 Å². The molecule has 0 aliphatic carbocycles. The van der Waals surface area contributed by atoms with Crippen LogP contribution in [0.5, 0.6) is 0 Å². The van der Waals surface area contributed by atoms with Crippen LogP contribution in [0, 0.1) is 5.92 Å². The van der Waals surface area contributed by atoms with E-state index in [1.54, 1.807) is 0 Å². The predicted octanol–water partition coefficient (Wildman–Crippen LogP) is 1.73. The monoisotopic (exact) mass is 228 g/mol. The van der Waals surface area contributed by atoms with Gasteiger partial charge in [0.05, 0.1) is 6.61 Å². The second-order valence-corrected chi connectivity index (χ2v) is 5.07. The van der Waals surface area contributed by atoms with E-state index in [0.717, 1.165) is 38.6 Å². The Kier molecular flexibility index (Phi) is 7.01. The van der Waals surface area contributed by atoms with Gasteiger partial charge in [-0.3, -0.25) is 4.90 Å². The molecule has 0 aromatic heterocycles. The topological polar surface area (TPSA) is 24.5 Å². The molecule has 0 aromatic rings. The zero-order valence-corrected chi connectivity index (χ0v) is 11.2. The first kappa shape index (κ1) is 13.9. The number of hydrogen-bond donors (Lipinski definition) is 1. The molecule has 1 saturated heterocycles. The third kappa shape index (κ3) is 5.28. The van der Waals surface area contributed by atoms with E-state index in [0.29, 0.717) is 6.04 Å². The van der Waals surface area contributed by atoms with E-state index < -0.39 is 0 Å². The molecule has 1 rings (SSSR count). The minimum atomic E-state index is 0.647. The number of rotatable bonds is 6. The molecule has 1 N–H and O–H groups in total. The lowest BCUT2D eigenvalue weighted by molar-refractivity contribution is 0.101. The fourth-order valence-electron chi connectivity index (χ4n) is 2.11. The van der Waals surface area contributed by atoms with E-state index in [-0.39, 0.29) is 0 Å². The molecule has 0 amide bonds. The van der Waals surface area contributed by atoms with Gasteiger partial charge >= 0.3 is 0 Å². The molecule has 3 nitrogen and oxygen atoms in total. The van der Waals surface area contributed by atoms with Crippen LogP contribution in [0.25, 0.3) is 0 Å². The Morgan fingerprint density at radius 3 is 2.88 bits per heavy atom. The molecule has 3 heteroatoms. The Bertz CT molecular complexity index is 173. The molecular weight excluding hydrogens is 200 g/mol. The van der Waals surface area contributed by atoms with Gasteiger partial charge in [-0.1, -0.05) is 20.8 Å². The molecule has 0 spiro atoms. The lowest BCUT2D eigenvalue weighted by Crippen LogP contribution is -2.42. The molecule has 16 heavy (non-hydrogen) atoms. The Hall–Kier alpha value is -0.120. The number of nitrogens with zero attached hydrogens (tertiary/aromatic N) is 1. The molecule has 0 bridgehead atoms. The van der Waals surface area contributed by atoms with Gasteiger partial charge in [-0.25, -0.2) is 0 Å². The standard InChI is InChI=1S/C13H28N2O/c1-4-9-16-10-8-15-7-5-6-14-13(11-15)12(2)3/h12-14H,4-11H2,1-3H3. The van der Waals surface area contributed by atoms with Crippen molar-refractivity contribution >= 4 is 0 Å². The molecule has 1 fully saturated rings. The van der Waals surface area contributed by atoms with Gasteiger partial charge in [0.1, 0.15) is 0 Å². The van der Waals surface area contributed by atoms with Crippen LogP contribution in [0.1, 0.15) is 33.6 Å². The minimum Gasteiger partial charge on any atom is -0.380 e. The van der Waals surface area contributed by atoms with Crippen LogP contribution in [0.3, 0.4) is 0 Å². The lowest BCUT2D eigenvalue weighted by Gasteiger charge is -2.26. The summed E-state index contributed by atoms with van der Waals surface area (Å²) in [5, 5.41) is 3.63. The summed E-state index contributed by atoms with van der Waals surface area (Å²) in [6.07, 6.45) is 2.38. The van der Waals surface area contributed by atoms with Crippen LogP contribution in [-0.2, 0) is 4.74 Å². The quantitative estimate of drug-likeness (QED) is 0.701. The fourth-order valence-corrected chi connectivity index (χ4v) is 2.11. The molecule has 0 saturated carbocycles. The molecule has 1 heterocycles. The first-order valence-corrected chi connectivity index (χ1v) is 6.77. The SMILES string of the molecule is CCCOCCN1CCCNC(C(C)C)C1. The Morgan fingerprint density at radius 1 is 1.38 bits per heavy atom. The summed E-state index contributed by atoms with van der Waals surface area (Å²) in [5.41, 5.74) is 0. The van der Waals surface area contributed by atoms with E-state index in [1.165, 1.54) is 19.5 Å². The van der Waals surface area contributed by atoms with E-state index >= 15 is 0 Å². The maximum atomic E-state index is 5.56. The predicted molar refractivity (Wildman–Crippen MR) is 68.8 cm³/mol. The van der Waals surface area contributed by atoms with Crippen LogP contribution in [-0.4, -0.2) is 50.3 Å². The zero-order chi connectivity index (χ0) is 11.8. The van der Waals surface area contributed by atoms with Crippen LogP contribution >= 0.6 is 0 Å². The van der Waals surface area contributed by atoms with Crippen molar-refractivity contribution in [2.24, 2.45) is 5.92 Å². The highest BCUT2D eigenvalue weighted by molar-refractivity contribution is 4.78. The van der Waals surface area contributed by atoms with E-state index in [9.17, 15) is 0 Å². The van der Waals surface area contributed by atoms with Gasteiger partial charge in [0, 0.05) is 25.7 Å². The Morgan fingerprint density at radius 2 is 2.19 bits per heavy atom. The summed E-state index contributed by atoms with van der Waals surface area (Å²) in [6, 6.07) is 0.647. The Balaban J connectivity index is 2.23. The van der Waals surface area contributed by atoms with Crippen molar-refractivity contribution in [2.45, 2.75) is 39.7 Å². The average Bonchev–Trinajstić information content (AvgIpc) is 2.50. The summed E-state index contributed by atoms with van der Waals surface area (Å²) < 4.78 is 5.56. The van der Waals surface area contributed by atoms with E-state index in [2.05, 4.69) is 31.0 Å². The van der Waals surface area contributed by atoms with Gasteiger partial charge in [-0.15, -0.1) is 0 Å². The van der Waals surface area contributed by atoms with Crippen molar-refractivity contribution in [1.82, 2.24) is 10.2 Å². The molecule has 1 atom stereocenters. The van der Waals surface area contributed by atoms with Crippen molar-refractivity contribution in [2.75, 3.05) is 39.4 Å². The first-order chi connectivity index (χ1) is 7.74. The molecule has 0 aromatic carbocycles. The summed E-state index contributed by atoms with van der Waals surface area (Å²) in [7, 11) is 0. The van der Waals surface area contributed by atoms with Crippen molar-refractivity contribution in [1.29, 1.82) is 0 Å². The fraction of sp³-hybridized carbons (Fsp3) is 1.00.